The number of rotatable bonds is 7. The molecule has 0 aliphatic carbocycles. The van der Waals surface area contributed by atoms with Gasteiger partial charge in [-0.3, -0.25) is 9.00 Å². The van der Waals surface area contributed by atoms with Crippen molar-refractivity contribution >= 4 is 28.1 Å². The van der Waals surface area contributed by atoms with Crippen LogP contribution in [0.15, 0.2) is 24.3 Å². The zero-order valence-electron chi connectivity index (χ0n) is 12.0. The van der Waals surface area contributed by atoms with Crippen LogP contribution in [0, 0.1) is 0 Å². The summed E-state index contributed by atoms with van der Waals surface area (Å²) in [5.41, 5.74) is 6.94. The monoisotopic (exact) mass is 310 g/mol. The van der Waals surface area contributed by atoms with Gasteiger partial charge >= 0.3 is 0 Å². The molecule has 1 saturated heterocycles. The van der Waals surface area contributed by atoms with Crippen molar-refractivity contribution in [3.63, 3.8) is 0 Å². The Morgan fingerprint density at radius 2 is 2.24 bits per heavy atom. The molecule has 3 N–H and O–H groups in total. The van der Waals surface area contributed by atoms with Gasteiger partial charge in [0.25, 0.3) is 0 Å². The van der Waals surface area contributed by atoms with Gasteiger partial charge in [-0.1, -0.05) is 12.1 Å². The Bertz CT molecular complexity index is 501. The molecule has 0 bridgehead atoms. The number of amides is 1. The number of hydrogen-bond acceptors (Lipinski definition) is 4. The molecule has 1 aromatic carbocycles. The first-order valence-electron chi connectivity index (χ1n) is 7.26. The molecule has 2 atom stereocenters. The van der Waals surface area contributed by atoms with Gasteiger partial charge in [0.15, 0.2) is 0 Å². The normalized spacial score (nSPS) is 19.3. The van der Waals surface area contributed by atoms with Gasteiger partial charge in [0.05, 0.1) is 17.5 Å². The van der Waals surface area contributed by atoms with Crippen molar-refractivity contribution in [2.24, 2.45) is 0 Å². The van der Waals surface area contributed by atoms with Crippen LogP contribution in [0.2, 0.25) is 0 Å². The second kappa shape index (κ2) is 8.14. The molecule has 21 heavy (non-hydrogen) atoms. The smallest absolute Gasteiger partial charge is 0.224 e. The minimum absolute atomic E-state index is 0.0954. The Balaban J connectivity index is 1.65. The van der Waals surface area contributed by atoms with Crippen LogP contribution in [0.1, 0.15) is 25.7 Å². The average molecular weight is 310 g/mol. The van der Waals surface area contributed by atoms with Crippen LogP contribution in [0.25, 0.3) is 0 Å². The lowest BCUT2D eigenvalue weighted by Gasteiger charge is -2.09. The topological polar surface area (TPSA) is 81.4 Å². The number of carbonyl (C=O) groups excluding carboxylic acids is 1. The molecule has 0 spiro atoms. The second-order valence-corrected chi connectivity index (χ2v) is 6.81. The molecular formula is C15H22N2O3S. The molecule has 1 aliphatic rings. The summed E-state index contributed by atoms with van der Waals surface area (Å²) >= 11 is 0. The first-order chi connectivity index (χ1) is 10.1. The highest BCUT2D eigenvalue weighted by atomic mass is 32.2. The van der Waals surface area contributed by atoms with Crippen LogP contribution in [0.3, 0.4) is 0 Å². The minimum Gasteiger partial charge on any atom is -0.397 e. The van der Waals surface area contributed by atoms with Gasteiger partial charge in [-0.05, 0) is 31.4 Å². The van der Waals surface area contributed by atoms with E-state index in [4.69, 9.17) is 10.5 Å². The lowest BCUT2D eigenvalue weighted by Crippen LogP contribution is -2.19. The van der Waals surface area contributed by atoms with Crippen molar-refractivity contribution in [3.05, 3.63) is 24.3 Å². The number of para-hydroxylation sites is 2. The highest BCUT2D eigenvalue weighted by Crippen LogP contribution is 2.17. The van der Waals surface area contributed by atoms with Gasteiger partial charge in [0, 0.05) is 35.3 Å². The molecule has 0 aromatic heterocycles. The van der Waals surface area contributed by atoms with Crippen molar-refractivity contribution in [1.82, 2.24) is 0 Å². The van der Waals surface area contributed by atoms with Crippen molar-refractivity contribution < 1.29 is 13.7 Å². The van der Waals surface area contributed by atoms with Crippen molar-refractivity contribution in [2.45, 2.75) is 31.8 Å². The lowest BCUT2D eigenvalue weighted by molar-refractivity contribution is -0.116. The Hall–Kier alpha value is -1.40. The first kappa shape index (κ1) is 16.0. The fraction of sp³-hybridized carbons (Fsp3) is 0.533. The molecule has 5 nitrogen and oxygen atoms in total. The first-order valence-corrected chi connectivity index (χ1v) is 8.75. The highest BCUT2D eigenvalue weighted by molar-refractivity contribution is 7.85. The molecular weight excluding hydrogens is 288 g/mol. The summed E-state index contributed by atoms with van der Waals surface area (Å²) in [7, 11) is -0.907. The second-order valence-electron chi connectivity index (χ2n) is 5.18. The van der Waals surface area contributed by atoms with E-state index < -0.39 is 10.8 Å². The van der Waals surface area contributed by atoms with Gasteiger partial charge in [0.2, 0.25) is 5.91 Å². The third-order valence-corrected chi connectivity index (χ3v) is 4.89. The van der Waals surface area contributed by atoms with Crippen LogP contribution in [0.5, 0.6) is 0 Å². The van der Waals surface area contributed by atoms with Gasteiger partial charge in [-0.25, -0.2) is 0 Å². The molecule has 0 radical (unpaired) electrons. The summed E-state index contributed by atoms with van der Waals surface area (Å²) in [4.78, 5) is 11.8. The maximum Gasteiger partial charge on any atom is 0.224 e. The molecule has 1 fully saturated rings. The van der Waals surface area contributed by atoms with Gasteiger partial charge in [-0.15, -0.1) is 0 Å². The molecule has 1 heterocycles. The third kappa shape index (κ3) is 5.47. The molecule has 1 aliphatic heterocycles. The molecule has 1 aromatic rings. The van der Waals surface area contributed by atoms with E-state index in [0.717, 1.165) is 19.4 Å². The Morgan fingerprint density at radius 3 is 2.95 bits per heavy atom. The van der Waals surface area contributed by atoms with E-state index in [1.807, 2.05) is 12.1 Å². The predicted octanol–water partition coefficient (Wildman–Crippen LogP) is 1.92. The summed E-state index contributed by atoms with van der Waals surface area (Å²) < 4.78 is 17.3. The Kier molecular flexibility index (Phi) is 6.20. The van der Waals surface area contributed by atoms with E-state index in [1.165, 1.54) is 0 Å². The highest BCUT2D eigenvalue weighted by Gasteiger charge is 2.18. The van der Waals surface area contributed by atoms with Crippen LogP contribution in [-0.2, 0) is 20.3 Å². The number of benzene rings is 1. The van der Waals surface area contributed by atoms with Crippen LogP contribution < -0.4 is 11.1 Å². The number of anilines is 2. The van der Waals surface area contributed by atoms with E-state index in [9.17, 15) is 9.00 Å². The van der Waals surface area contributed by atoms with Gasteiger partial charge in [-0.2, -0.15) is 0 Å². The number of nitrogens with one attached hydrogen (secondary N) is 1. The summed E-state index contributed by atoms with van der Waals surface area (Å²) in [6.07, 6.45) is 3.16. The van der Waals surface area contributed by atoms with E-state index in [0.29, 0.717) is 35.7 Å². The fourth-order valence-corrected chi connectivity index (χ4v) is 3.59. The fourth-order valence-electron chi connectivity index (χ4n) is 2.28. The lowest BCUT2D eigenvalue weighted by atomic mass is 10.2. The number of nitrogens with two attached hydrogens (primary N) is 1. The summed E-state index contributed by atoms with van der Waals surface area (Å²) in [6, 6.07) is 7.15. The van der Waals surface area contributed by atoms with Gasteiger partial charge in [0.1, 0.15) is 0 Å². The Labute approximate surface area is 127 Å². The summed E-state index contributed by atoms with van der Waals surface area (Å²) in [6.45, 7) is 0.781. The van der Waals surface area contributed by atoms with E-state index in [-0.39, 0.29) is 12.0 Å². The van der Waals surface area contributed by atoms with Crippen LogP contribution in [0.4, 0.5) is 11.4 Å². The molecule has 2 rings (SSSR count). The molecule has 6 heteroatoms. The van der Waals surface area contributed by atoms with Crippen molar-refractivity contribution in [1.29, 1.82) is 0 Å². The van der Waals surface area contributed by atoms with Gasteiger partial charge < -0.3 is 15.8 Å². The molecule has 1 amide bonds. The number of carbonyl (C=O) groups is 1. The third-order valence-electron chi connectivity index (χ3n) is 3.41. The van der Waals surface area contributed by atoms with E-state index in [2.05, 4.69) is 5.32 Å². The summed E-state index contributed by atoms with van der Waals surface area (Å²) in [5, 5.41) is 2.77. The zero-order chi connectivity index (χ0) is 15.1. The summed E-state index contributed by atoms with van der Waals surface area (Å²) in [5.74, 6) is 1.03. The minimum atomic E-state index is -0.907. The number of nitrogen functional groups attached to an aromatic ring is 1. The Morgan fingerprint density at radius 1 is 1.43 bits per heavy atom. The maximum atomic E-state index is 11.9. The molecule has 116 valence electrons. The van der Waals surface area contributed by atoms with Crippen LogP contribution >= 0.6 is 0 Å². The van der Waals surface area contributed by atoms with Crippen LogP contribution in [-0.4, -0.2) is 34.3 Å². The SMILES string of the molecule is Nc1ccccc1NC(=O)CCCS(=O)CC1CCCO1. The standard InChI is InChI=1S/C15H22N2O3S/c16-13-6-1-2-7-14(13)17-15(18)8-4-10-21(19)11-12-5-3-9-20-12/h1-2,6-7,12H,3-5,8-11,16H2,(H,17,18). The largest absolute Gasteiger partial charge is 0.397 e. The molecule has 2 unspecified atom stereocenters. The van der Waals surface area contributed by atoms with Crippen molar-refractivity contribution in [3.8, 4) is 0 Å². The van der Waals surface area contributed by atoms with Crippen molar-refractivity contribution in [2.75, 3.05) is 29.2 Å². The number of ether oxygens (including phenoxy) is 1. The molecule has 0 saturated carbocycles. The average Bonchev–Trinajstić information content (AvgIpc) is 2.94. The van der Waals surface area contributed by atoms with E-state index in [1.54, 1.807) is 12.1 Å². The number of hydrogen-bond donors (Lipinski definition) is 2. The quantitative estimate of drug-likeness (QED) is 0.754. The van der Waals surface area contributed by atoms with E-state index >= 15 is 0 Å². The predicted molar refractivity (Wildman–Crippen MR) is 85.6 cm³/mol. The zero-order valence-corrected chi connectivity index (χ0v) is 12.9. The maximum absolute atomic E-state index is 11.9.